The molecule has 0 fully saturated rings. The number of amides is 1. The van der Waals surface area contributed by atoms with Gasteiger partial charge in [0.25, 0.3) is 0 Å². The number of tetrazole rings is 1. The molecular weight excluding hydrogens is 230 g/mol. The molecule has 1 amide bonds. The summed E-state index contributed by atoms with van der Waals surface area (Å²) >= 11 is 5.76. The Kier molecular flexibility index (Phi) is 2.82. The molecule has 0 aliphatic carbocycles. The number of nitrogens with two attached hydrogens (primary N) is 1. The van der Waals surface area contributed by atoms with E-state index >= 15 is 0 Å². The highest BCUT2D eigenvalue weighted by Gasteiger charge is 2.10. The van der Waals surface area contributed by atoms with Gasteiger partial charge in [-0.1, -0.05) is 11.6 Å². The van der Waals surface area contributed by atoms with Gasteiger partial charge >= 0.3 is 0 Å². The molecule has 0 radical (unpaired) electrons. The highest BCUT2D eigenvalue weighted by molar-refractivity contribution is 6.30. The van der Waals surface area contributed by atoms with E-state index < -0.39 is 5.91 Å². The van der Waals surface area contributed by atoms with Gasteiger partial charge < -0.3 is 5.73 Å². The summed E-state index contributed by atoms with van der Waals surface area (Å²) in [5, 5.41) is 11.6. The van der Waals surface area contributed by atoms with E-state index in [4.69, 9.17) is 17.3 Å². The number of aromatic nitrogens is 4. The monoisotopic (exact) mass is 237 g/mol. The minimum Gasteiger partial charge on any atom is -0.369 e. The Labute approximate surface area is 96.0 Å². The Morgan fingerprint density at radius 3 is 2.69 bits per heavy atom. The van der Waals surface area contributed by atoms with Crippen LogP contribution in [-0.4, -0.2) is 26.1 Å². The van der Waals surface area contributed by atoms with Gasteiger partial charge in [-0.25, -0.2) is 0 Å². The Balaban J connectivity index is 2.36. The number of carbonyl (C=O) groups excluding carboxylic acids is 1. The molecule has 16 heavy (non-hydrogen) atoms. The molecule has 0 spiro atoms. The van der Waals surface area contributed by atoms with Crippen LogP contribution in [-0.2, 0) is 11.2 Å². The standard InChI is InChI=1S/C9H8ClN5O/c10-6-1-3-7(4-2-6)15-9(5-8(11)16)12-13-14-15/h1-4H,5H2,(H2,11,16). The maximum atomic E-state index is 10.8. The molecule has 0 atom stereocenters. The van der Waals surface area contributed by atoms with Crippen molar-refractivity contribution in [2.75, 3.05) is 0 Å². The quantitative estimate of drug-likeness (QED) is 0.834. The predicted octanol–water partition coefficient (Wildman–Crippen LogP) is 0.344. The van der Waals surface area contributed by atoms with Crippen LogP contribution in [0.25, 0.3) is 5.69 Å². The fraction of sp³-hybridized carbons (Fsp3) is 0.111. The highest BCUT2D eigenvalue weighted by atomic mass is 35.5. The van der Waals surface area contributed by atoms with Gasteiger partial charge in [-0.15, -0.1) is 5.10 Å². The summed E-state index contributed by atoms with van der Waals surface area (Å²) in [4.78, 5) is 10.8. The molecule has 0 aliphatic heterocycles. The first-order valence-corrected chi connectivity index (χ1v) is 4.86. The van der Waals surface area contributed by atoms with E-state index in [0.717, 1.165) is 5.69 Å². The van der Waals surface area contributed by atoms with Crippen molar-refractivity contribution in [2.24, 2.45) is 5.73 Å². The van der Waals surface area contributed by atoms with Crippen molar-refractivity contribution in [3.63, 3.8) is 0 Å². The minimum atomic E-state index is -0.481. The first kappa shape index (κ1) is 10.6. The summed E-state index contributed by atoms with van der Waals surface area (Å²) < 4.78 is 1.45. The summed E-state index contributed by atoms with van der Waals surface area (Å²) in [6.07, 6.45) is -0.00434. The topological polar surface area (TPSA) is 86.7 Å². The van der Waals surface area contributed by atoms with Gasteiger partial charge in [0.05, 0.1) is 12.1 Å². The Bertz CT molecular complexity index is 507. The molecule has 2 rings (SSSR count). The van der Waals surface area contributed by atoms with Crippen LogP contribution in [0.15, 0.2) is 24.3 Å². The Morgan fingerprint density at radius 2 is 2.06 bits per heavy atom. The molecule has 0 aliphatic rings. The number of carbonyl (C=O) groups is 1. The van der Waals surface area contributed by atoms with Crippen LogP contribution in [0.4, 0.5) is 0 Å². The molecule has 0 unspecified atom stereocenters. The predicted molar refractivity (Wildman–Crippen MR) is 57.1 cm³/mol. The van der Waals surface area contributed by atoms with Crippen LogP contribution in [0.5, 0.6) is 0 Å². The molecule has 6 nitrogen and oxygen atoms in total. The molecule has 0 saturated carbocycles. The lowest BCUT2D eigenvalue weighted by molar-refractivity contribution is -0.117. The SMILES string of the molecule is NC(=O)Cc1nnnn1-c1ccc(Cl)cc1. The number of nitrogens with zero attached hydrogens (tertiary/aromatic N) is 4. The normalized spacial score (nSPS) is 10.3. The van der Waals surface area contributed by atoms with Crippen molar-refractivity contribution in [1.29, 1.82) is 0 Å². The van der Waals surface area contributed by atoms with Crippen molar-refractivity contribution in [2.45, 2.75) is 6.42 Å². The third kappa shape index (κ3) is 2.17. The zero-order chi connectivity index (χ0) is 11.5. The summed E-state index contributed by atoms with van der Waals surface area (Å²) in [6.45, 7) is 0. The van der Waals surface area contributed by atoms with E-state index in [1.807, 2.05) is 0 Å². The molecule has 2 aromatic rings. The van der Waals surface area contributed by atoms with Gasteiger partial charge in [-0.2, -0.15) is 4.68 Å². The molecule has 82 valence electrons. The average molecular weight is 238 g/mol. The highest BCUT2D eigenvalue weighted by Crippen LogP contribution is 2.13. The lowest BCUT2D eigenvalue weighted by Crippen LogP contribution is -2.17. The lowest BCUT2D eigenvalue weighted by Gasteiger charge is -2.02. The fourth-order valence-corrected chi connectivity index (χ4v) is 1.38. The molecular formula is C9H8ClN5O. The van der Waals surface area contributed by atoms with Gasteiger partial charge in [0.15, 0.2) is 5.82 Å². The van der Waals surface area contributed by atoms with Crippen molar-refractivity contribution in [3.8, 4) is 5.69 Å². The molecule has 0 bridgehead atoms. The van der Waals surface area contributed by atoms with Crippen LogP contribution < -0.4 is 5.73 Å². The summed E-state index contributed by atoms with van der Waals surface area (Å²) in [5.74, 6) is -0.0835. The van der Waals surface area contributed by atoms with Gasteiger partial charge in [-0.05, 0) is 34.7 Å². The zero-order valence-electron chi connectivity index (χ0n) is 8.17. The third-order valence-electron chi connectivity index (χ3n) is 1.94. The third-order valence-corrected chi connectivity index (χ3v) is 2.19. The van der Waals surface area contributed by atoms with Crippen molar-refractivity contribution in [3.05, 3.63) is 35.1 Å². The second kappa shape index (κ2) is 4.28. The summed E-state index contributed by atoms with van der Waals surface area (Å²) in [6, 6.07) is 6.94. The van der Waals surface area contributed by atoms with E-state index in [1.54, 1.807) is 24.3 Å². The van der Waals surface area contributed by atoms with Crippen LogP contribution in [0.2, 0.25) is 5.02 Å². The average Bonchev–Trinajstić information content (AvgIpc) is 2.66. The first-order chi connectivity index (χ1) is 7.66. The summed E-state index contributed by atoms with van der Waals surface area (Å²) in [5.41, 5.74) is 5.81. The largest absolute Gasteiger partial charge is 0.369 e. The van der Waals surface area contributed by atoms with Crippen molar-refractivity contribution < 1.29 is 4.79 Å². The van der Waals surface area contributed by atoms with Crippen molar-refractivity contribution in [1.82, 2.24) is 20.2 Å². The van der Waals surface area contributed by atoms with Crippen molar-refractivity contribution >= 4 is 17.5 Å². The Morgan fingerprint density at radius 1 is 1.38 bits per heavy atom. The molecule has 1 heterocycles. The first-order valence-electron chi connectivity index (χ1n) is 4.48. The van der Waals surface area contributed by atoms with E-state index in [9.17, 15) is 4.79 Å². The number of hydrogen-bond donors (Lipinski definition) is 1. The smallest absolute Gasteiger partial charge is 0.225 e. The van der Waals surface area contributed by atoms with Gasteiger partial charge in [0.2, 0.25) is 5.91 Å². The van der Waals surface area contributed by atoms with Gasteiger partial charge in [-0.3, -0.25) is 4.79 Å². The maximum Gasteiger partial charge on any atom is 0.225 e. The van der Waals surface area contributed by atoms with E-state index in [-0.39, 0.29) is 6.42 Å². The minimum absolute atomic E-state index is 0.00434. The van der Waals surface area contributed by atoms with Gasteiger partial charge in [0.1, 0.15) is 0 Å². The maximum absolute atomic E-state index is 10.8. The van der Waals surface area contributed by atoms with Crippen LogP contribution in [0.3, 0.4) is 0 Å². The molecule has 1 aromatic heterocycles. The molecule has 1 aromatic carbocycles. The number of rotatable bonds is 3. The zero-order valence-corrected chi connectivity index (χ0v) is 8.92. The second-order valence-corrected chi connectivity index (χ2v) is 3.56. The van der Waals surface area contributed by atoms with Crippen LogP contribution in [0, 0.1) is 0 Å². The lowest BCUT2D eigenvalue weighted by atomic mass is 10.3. The second-order valence-electron chi connectivity index (χ2n) is 3.13. The Hall–Kier alpha value is -1.95. The number of benzene rings is 1. The van der Waals surface area contributed by atoms with Crippen LogP contribution in [0.1, 0.15) is 5.82 Å². The fourth-order valence-electron chi connectivity index (χ4n) is 1.25. The van der Waals surface area contributed by atoms with E-state index in [1.165, 1.54) is 4.68 Å². The molecule has 2 N–H and O–H groups in total. The number of hydrogen-bond acceptors (Lipinski definition) is 4. The van der Waals surface area contributed by atoms with Gasteiger partial charge in [0, 0.05) is 5.02 Å². The molecule has 0 saturated heterocycles. The molecule has 7 heteroatoms. The van der Waals surface area contributed by atoms with E-state index in [2.05, 4.69) is 15.5 Å². The number of primary amides is 1. The summed E-state index contributed by atoms with van der Waals surface area (Å²) in [7, 11) is 0. The van der Waals surface area contributed by atoms with E-state index in [0.29, 0.717) is 10.8 Å². The van der Waals surface area contributed by atoms with Crippen LogP contribution >= 0.6 is 11.6 Å². The number of halogens is 1.